The average Bonchev–Trinajstić information content (AvgIpc) is 2.96. The molecule has 1 aromatic carbocycles. The Morgan fingerprint density at radius 3 is 2.95 bits per heavy atom. The van der Waals surface area contributed by atoms with Crippen molar-refractivity contribution in [1.82, 2.24) is 14.8 Å². The molecule has 8 heteroatoms. The van der Waals surface area contributed by atoms with Gasteiger partial charge in [0.25, 0.3) is 0 Å². The minimum Gasteiger partial charge on any atom is -0.494 e. The number of carbonyl (C=O) groups excluding carboxylic acids is 2. The summed E-state index contributed by atoms with van der Waals surface area (Å²) in [4.78, 5) is 27.9. The standard InChI is InChI=1S/C14H15N5O3/c1-2-22-10-5-3-9(4-6-10)17-13(21)11-7-12(20)18-14-15-8-16-19(11)14/h3-6,8,11H,2,7H2,1H3,(H,17,21)(H,15,16,18,20)/t11-/m1/s1. The largest absolute Gasteiger partial charge is 0.494 e. The predicted molar refractivity (Wildman–Crippen MR) is 78.5 cm³/mol. The lowest BCUT2D eigenvalue weighted by Crippen LogP contribution is -2.35. The van der Waals surface area contributed by atoms with Crippen molar-refractivity contribution in [3.05, 3.63) is 30.6 Å². The number of hydrogen-bond acceptors (Lipinski definition) is 5. The molecule has 2 N–H and O–H groups in total. The zero-order valence-corrected chi connectivity index (χ0v) is 11.9. The average molecular weight is 301 g/mol. The van der Waals surface area contributed by atoms with Crippen molar-refractivity contribution < 1.29 is 14.3 Å². The van der Waals surface area contributed by atoms with Gasteiger partial charge in [-0.1, -0.05) is 0 Å². The van der Waals surface area contributed by atoms with Gasteiger partial charge in [-0.25, -0.2) is 4.68 Å². The molecule has 0 saturated carbocycles. The van der Waals surface area contributed by atoms with Crippen molar-refractivity contribution in [2.24, 2.45) is 0 Å². The third-order valence-electron chi connectivity index (χ3n) is 3.23. The van der Waals surface area contributed by atoms with Crippen LogP contribution in [0.2, 0.25) is 0 Å². The first-order valence-electron chi connectivity index (χ1n) is 6.90. The van der Waals surface area contributed by atoms with E-state index in [1.165, 1.54) is 11.0 Å². The van der Waals surface area contributed by atoms with Crippen LogP contribution in [0.15, 0.2) is 30.6 Å². The number of anilines is 2. The summed E-state index contributed by atoms with van der Waals surface area (Å²) in [6, 6.07) is 6.32. The number of nitrogens with zero attached hydrogens (tertiary/aromatic N) is 3. The predicted octanol–water partition coefficient (Wildman–Crippen LogP) is 1.20. The Balaban J connectivity index is 1.73. The van der Waals surface area contributed by atoms with Crippen molar-refractivity contribution in [2.45, 2.75) is 19.4 Å². The molecule has 2 heterocycles. The Morgan fingerprint density at radius 1 is 1.45 bits per heavy atom. The molecule has 0 aliphatic carbocycles. The van der Waals surface area contributed by atoms with E-state index in [2.05, 4.69) is 20.7 Å². The molecule has 3 rings (SSSR count). The zero-order valence-electron chi connectivity index (χ0n) is 11.9. The van der Waals surface area contributed by atoms with Crippen LogP contribution >= 0.6 is 0 Å². The summed E-state index contributed by atoms with van der Waals surface area (Å²) in [7, 11) is 0. The van der Waals surface area contributed by atoms with E-state index >= 15 is 0 Å². The normalized spacial score (nSPS) is 16.6. The number of amides is 2. The van der Waals surface area contributed by atoms with Crippen molar-refractivity contribution in [3.8, 4) is 5.75 Å². The van der Waals surface area contributed by atoms with Crippen molar-refractivity contribution >= 4 is 23.5 Å². The first kappa shape index (κ1) is 14.1. The lowest BCUT2D eigenvalue weighted by molar-refractivity contribution is -0.125. The topological polar surface area (TPSA) is 98.1 Å². The van der Waals surface area contributed by atoms with Gasteiger partial charge in [-0.15, -0.1) is 0 Å². The summed E-state index contributed by atoms with van der Waals surface area (Å²) in [6.45, 7) is 2.48. The molecule has 0 fully saturated rings. The van der Waals surface area contributed by atoms with Crippen molar-refractivity contribution in [2.75, 3.05) is 17.2 Å². The second kappa shape index (κ2) is 5.84. The second-order valence-corrected chi connectivity index (χ2v) is 4.74. The Kier molecular flexibility index (Phi) is 3.73. The molecule has 8 nitrogen and oxygen atoms in total. The van der Waals surface area contributed by atoms with Crippen LogP contribution in [0.4, 0.5) is 11.6 Å². The van der Waals surface area contributed by atoms with E-state index in [1.54, 1.807) is 24.3 Å². The summed E-state index contributed by atoms with van der Waals surface area (Å²) < 4.78 is 6.75. The van der Waals surface area contributed by atoms with E-state index in [1.807, 2.05) is 6.92 Å². The Hall–Kier alpha value is -2.90. The van der Waals surface area contributed by atoms with Crippen LogP contribution < -0.4 is 15.4 Å². The van der Waals surface area contributed by atoms with Crippen LogP contribution in [0.1, 0.15) is 19.4 Å². The maximum absolute atomic E-state index is 12.4. The quantitative estimate of drug-likeness (QED) is 0.884. The number of nitrogens with one attached hydrogen (secondary N) is 2. The number of carbonyl (C=O) groups is 2. The van der Waals surface area contributed by atoms with E-state index in [0.717, 1.165) is 5.75 Å². The third kappa shape index (κ3) is 2.76. The number of fused-ring (bicyclic) bond motifs is 1. The molecule has 114 valence electrons. The number of aromatic nitrogens is 3. The molecule has 0 bridgehead atoms. The van der Waals surface area contributed by atoms with Crippen LogP contribution in [-0.4, -0.2) is 33.2 Å². The highest BCUT2D eigenvalue weighted by atomic mass is 16.5. The second-order valence-electron chi connectivity index (χ2n) is 4.74. The molecule has 1 aliphatic rings. The Bertz CT molecular complexity index is 695. The molecule has 2 aromatic rings. The van der Waals surface area contributed by atoms with Crippen LogP contribution in [0.25, 0.3) is 0 Å². The molecule has 1 aliphatic heterocycles. The zero-order chi connectivity index (χ0) is 15.5. The lowest BCUT2D eigenvalue weighted by atomic mass is 10.1. The fourth-order valence-electron chi connectivity index (χ4n) is 2.24. The molecule has 0 unspecified atom stereocenters. The fourth-order valence-corrected chi connectivity index (χ4v) is 2.24. The van der Waals surface area contributed by atoms with Gasteiger partial charge in [-0.2, -0.15) is 10.1 Å². The van der Waals surface area contributed by atoms with Gasteiger partial charge >= 0.3 is 0 Å². The summed E-state index contributed by atoms with van der Waals surface area (Å²) in [5.74, 6) is 0.442. The van der Waals surface area contributed by atoms with E-state index in [0.29, 0.717) is 12.3 Å². The number of ether oxygens (including phenoxy) is 1. The van der Waals surface area contributed by atoms with Crippen LogP contribution in [0.3, 0.4) is 0 Å². The van der Waals surface area contributed by atoms with Gasteiger partial charge in [-0.05, 0) is 31.2 Å². The molecule has 1 aromatic heterocycles. The highest BCUT2D eigenvalue weighted by Gasteiger charge is 2.31. The first-order valence-corrected chi connectivity index (χ1v) is 6.90. The van der Waals surface area contributed by atoms with E-state index < -0.39 is 6.04 Å². The number of benzene rings is 1. The molecule has 2 amide bonds. The fraction of sp³-hybridized carbons (Fsp3) is 0.286. The highest BCUT2D eigenvalue weighted by Crippen LogP contribution is 2.23. The highest BCUT2D eigenvalue weighted by molar-refractivity contribution is 6.00. The molecule has 22 heavy (non-hydrogen) atoms. The van der Waals surface area contributed by atoms with Crippen molar-refractivity contribution in [3.63, 3.8) is 0 Å². The minimum atomic E-state index is -0.710. The van der Waals surface area contributed by atoms with Gasteiger partial charge < -0.3 is 10.1 Å². The van der Waals surface area contributed by atoms with Gasteiger partial charge in [0.1, 0.15) is 18.1 Å². The maximum Gasteiger partial charge on any atom is 0.249 e. The number of hydrogen-bond donors (Lipinski definition) is 2. The van der Waals surface area contributed by atoms with E-state index in [-0.39, 0.29) is 24.2 Å². The molecular formula is C14H15N5O3. The molecule has 0 saturated heterocycles. The van der Waals surface area contributed by atoms with Gasteiger partial charge in [-0.3, -0.25) is 14.9 Å². The van der Waals surface area contributed by atoms with Crippen LogP contribution in [0, 0.1) is 0 Å². The Morgan fingerprint density at radius 2 is 2.23 bits per heavy atom. The molecule has 1 atom stereocenters. The van der Waals surface area contributed by atoms with Gasteiger partial charge in [0.05, 0.1) is 13.0 Å². The SMILES string of the molecule is CCOc1ccc(NC(=O)[C@H]2CC(=O)Nc3ncnn32)cc1. The van der Waals surface area contributed by atoms with Crippen LogP contribution in [-0.2, 0) is 9.59 Å². The summed E-state index contributed by atoms with van der Waals surface area (Å²) in [5, 5.41) is 9.32. The first-order chi connectivity index (χ1) is 10.7. The molecule has 0 radical (unpaired) electrons. The maximum atomic E-state index is 12.4. The summed E-state index contributed by atoms with van der Waals surface area (Å²) in [6.07, 6.45) is 1.33. The third-order valence-corrected chi connectivity index (χ3v) is 3.23. The Labute approximate surface area is 126 Å². The number of rotatable bonds is 4. The van der Waals surface area contributed by atoms with Gasteiger partial charge in [0.15, 0.2) is 0 Å². The van der Waals surface area contributed by atoms with Crippen LogP contribution in [0.5, 0.6) is 5.75 Å². The van der Waals surface area contributed by atoms with Gasteiger partial charge in [0.2, 0.25) is 17.8 Å². The van der Waals surface area contributed by atoms with Crippen molar-refractivity contribution in [1.29, 1.82) is 0 Å². The molecule has 0 spiro atoms. The monoisotopic (exact) mass is 301 g/mol. The van der Waals surface area contributed by atoms with Gasteiger partial charge in [0, 0.05) is 5.69 Å². The smallest absolute Gasteiger partial charge is 0.249 e. The minimum absolute atomic E-state index is 0.0270. The van der Waals surface area contributed by atoms with E-state index in [4.69, 9.17) is 4.74 Å². The summed E-state index contributed by atoms with van der Waals surface area (Å²) >= 11 is 0. The lowest BCUT2D eigenvalue weighted by Gasteiger charge is -2.22. The van der Waals surface area contributed by atoms with E-state index in [9.17, 15) is 9.59 Å². The summed E-state index contributed by atoms with van der Waals surface area (Å²) in [5.41, 5.74) is 0.626. The molecular weight excluding hydrogens is 286 g/mol.